The van der Waals surface area contributed by atoms with Crippen LogP contribution in [0.1, 0.15) is 52.5 Å². The van der Waals surface area contributed by atoms with Crippen molar-refractivity contribution < 1.29 is 19.1 Å². The first kappa shape index (κ1) is 23.2. The molecule has 1 saturated heterocycles. The summed E-state index contributed by atoms with van der Waals surface area (Å²) in [6, 6.07) is 6.06. The van der Waals surface area contributed by atoms with E-state index in [-0.39, 0.29) is 31.0 Å². The first-order valence-electron chi connectivity index (χ1n) is 10.1. The van der Waals surface area contributed by atoms with E-state index in [2.05, 4.69) is 17.9 Å². The molecule has 0 aromatic heterocycles. The largest absolute Gasteiger partial charge is 0.460 e. The van der Waals surface area contributed by atoms with Crippen LogP contribution in [-0.4, -0.2) is 54.3 Å². The van der Waals surface area contributed by atoms with Gasteiger partial charge in [-0.3, -0.25) is 14.4 Å². The third kappa shape index (κ3) is 7.69. The number of hydrogen-bond acceptors (Lipinski definition) is 5. The molecular weight excluding hydrogens is 392 g/mol. The van der Waals surface area contributed by atoms with E-state index in [4.69, 9.17) is 16.3 Å². The van der Waals surface area contributed by atoms with Crippen molar-refractivity contribution >= 4 is 34.9 Å². The second kappa shape index (κ2) is 10.1. The molecule has 1 aromatic carbocycles. The van der Waals surface area contributed by atoms with Crippen LogP contribution >= 0.6 is 11.6 Å². The Morgan fingerprint density at radius 2 is 1.69 bits per heavy atom. The SMILES string of the molecule is CCc1cc(Cl)cc(N2CCN(C(=O)CCC(=O)CC(=O)OC(C)(C)C)CC2)c1. The van der Waals surface area contributed by atoms with E-state index in [1.54, 1.807) is 25.7 Å². The summed E-state index contributed by atoms with van der Waals surface area (Å²) in [6.45, 7) is 10.0. The van der Waals surface area contributed by atoms with Crippen LogP contribution in [-0.2, 0) is 25.5 Å². The van der Waals surface area contributed by atoms with Crippen molar-refractivity contribution in [2.24, 2.45) is 0 Å². The number of aryl methyl sites for hydroxylation is 1. The number of Topliss-reactive ketones (excluding diaryl/α,β-unsaturated/α-hetero) is 1. The molecule has 1 fully saturated rings. The molecule has 0 spiro atoms. The average Bonchev–Trinajstić information content (AvgIpc) is 2.64. The third-order valence-electron chi connectivity index (χ3n) is 4.73. The number of carbonyl (C=O) groups is 3. The van der Waals surface area contributed by atoms with Crippen molar-refractivity contribution in [3.63, 3.8) is 0 Å². The lowest BCUT2D eigenvalue weighted by atomic mass is 10.1. The lowest BCUT2D eigenvalue weighted by molar-refractivity contribution is -0.156. The van der Waals surface area contributed by atoms with Gasteiger partial charge in [0.05, 0.1) is 0 Å². The second-order valence-corrected chi connectivity index (χ2v) is 8.78. The number of anilines is 1. The van der Waals surface area contributed by atoms with Gasteiger partial charge in [0.25, 0.3) is 0 Å². The number of rotatable bonds is 7. The van der Waals surface area contributed by atoms with Crippen LogP contribution in [0.4, 0.5) is 5.69 Å². The maximum absolute atomic E-state index is 12.4. The van der Waals surface area contributed by atoms with Gasteiger partial charge in [0.2, 0.25) is 5.91 Å². The molecule has 1 aliphatic rings. The maximum Gasteiger partial charge on any atom is 0.313 e. The minimum Gasteiger partial charge on any atom is -0.460 e. The molecule has 160 valence electrons. The van der Waals surface area contributed by atoms with E-state index in [1.165, 1.54) is 5.56 Å². The van der Waals surface area contributed by atoms with E-state index in [1.807, 2.05) is 12.1 Å². The molecule has 1 aliphatic heterocycles. The van der Waals surface area contributed by atoms with Crippen molar-refractivity contribution in [2.45, 2.75) is 59.0 Å². The number of hydrogen-bond donors (Lipinski definition) is 0. The number of carbonyl (C=O) groups excluding carboxylic acids is 3. The molecule has 1 heterocycles. The van der Waals surface area contributed by atoms with Crippen LogP contribution in [0.2, 0.25) is 5.02 Å². The lowest BCUT2D eigenvalue weighted by Crippen LogP contribution is -2.48. The van der Waals surface area contributed by atoms with Gasteiger partial charge >= 0.3 is 5.97 Å². The molecule has 6 nitrogen and oxygen atoms in total. The zero-order valence-electron chi connectivity index (χ0n) is 17.8. The Morgan fingerprint density at radius 1 is 1.03 bits per heavy atom. The van der Waals surface area contributed by atoms with Crippen molar-refractivity contribution in [1.29, 1.82) is 0 Å². The molecule has 1 amide bonds. The fraction of sp³-hybridized carbons (Fsp3) is 0.591. The van der Waals surface area contributed by atoms with Crippen molar-refractivity contribution in [3.05, 3.63) is 28.8 Å². The van der Waals surface area contributed by atoms with Crippen LogP contribution in [0.5, 0.6) is 0 Å². The molecule has 0 N–H and O–H groups in total. The zero-order valence-corrected chi connectivity index (χ0v) is 18.6. The van der Waals surface area contributed by atoms with Crippen molar-refractivity contribution in [1.82, 2.24) is 4.90 Å². The normalized spacial score (nSPS) is 14.7. The Morgan fingerprint density at radius 3 is 2.28 bits per heavy atom. The summed E-state index contributed by atoms with van der Waals surface area (Å²) in [6.07, 6.45) is 0.821. The topological polar surface area (TPSA) is 66.9 Å². The van der Waals surface area contributed by atoms with Gasteiger partial charge in [-0.05, 0) is 51.0 Å². The number of nitrogens with zero attached hydrogens (tertiary/aromatic N) is 2. The first-order chi connectivity index (χ1) is 13.6. The van der Waals surface area contributed by atoms with E-state index >= 15 is 0 Å². The molecule has 0 saturated carbocycles. The highest BCUT2D eigenvalue weighted by molar-refractivity contribution is 6.30. The van der Waals surface area contributed by atoms with Gasteiger partial charge in [0.15, 0.2) is 0 Å². The van der Waals surface area contributed by atoms with Crippen LogP contribution in [0.15, 0.2) is 18.2 Å². The van der Waals surface area contributed by atoms with Crippen LogP contribution in [0.25, 0.3) is 0 Å². The number of ether oxygens (including phenoxy) is 1. The Bertz CT molecular complexity index is 750. The molecule has 29 heavy (non-hydrogen) atoms. The van der Waals surface area contributed by atoms with Gasteiger partial charge < -0.3 is 14.5 Å². The number of ketones is 1. The lowest BCUT2D eigenvalue weighted by Gasteiger charge is -2.36. The molecule has 7 heteroatoms. The van der Waals surface area contributed by atoms with Gasteiger partial charge in [-0.1, -0.05) is 18.5 Å². The predicted octanol–water partition coefficient (Wildman–Crippen LogP) is 3.63. The van der Waals surface area contributed by atoms with E-state index in [0.29, 0.717) is 13.1 Å². The minimum atomic E-state index is -0.617. The summed E-state index contributed by atoms with van der Waals surface area (Å²) in [7, 11) is 0. The number of halogens is 1. The van der Waals surface area contributed by atoms with Crippen LogP contribution in [0, 0.1) is 0 Å². The number of benzene rings is 1. The Kier molecular flexibility index (Phi) is 8.08. The van der Waals surface area contributed by atoms with E-state index in [9.17, 15) is 14.4 Å². The van der Waals surface area contributed by atoms with Gasteiger partial charge in [-0.25, -0.2) is 0 Å². The monoisotopic (exact) mass is 422 g/mol. The Hall–Kier alpha value is -2.08. The fourth-order valence-corrected chi connectivity index (χ4v) is 3.52. The predicted molar refractivity (Wildman–Crippen MR) is 114 cm³/mol. The first-order valence-corrected chi connectivity index (χ1v) is 10.5. The zero-order chi connectivity index (χ0) is 21.6. The number of amides is 1. The number of esters is 1. The van der Waals surface area contributed by atoms with Gasteiger partial charge in [-0.15, -0.1) is 0 Å². The van der Waals surface area contributed by atoms with E-state index in [0.717, 1.165) is 30.2 Å². The second-order valence-electron chi connectivity index (χ2n) is 8.34. The van der Waals surface area contributed by atoms with Gasteiger partial charge in [0, 0.05) is 49.7 Å². The number of piperazine rings is 1. The van der Waals surface area contributed by atoms with Crippen molar-refractivity contribution in [3.8, 4) is 0 Å². The summed E-state index contributed by atoms with van der Waals surface area (Å²) in [5.41, 5.74) is 1.65. The molecule has 1 aromatic rings. The standard InChI is InChI=1S/C22H31ClN2O4/c1-5-16-12-17(23)14-18(13-16)24-8-10-25(11-9-24)20(27)7-6-19(26)15-21(28)29-22(2,3)4/h12-14H,5-11,15H2,1-4H3. The van der Waals surface area contributed by atoms with E-state index < -0.39 is 11.6 Å². The molecule has 0 atom stereocenters. The molecule has 0 bridgehead atoms. The van der Waals surface area contributed by atoms with Gasteiger partial charge in [-0.2, -0.15) is 0 Å². The average molecular weight is 423 g/mol. The maximum atomic E-state index is 12.4. The summed E-state index contributed by atoms with van der Waals surface area (Å²) >= 11 is 6.21. The van der Waals surface area contributed by atoms with Crippen LogP contribution < -0.4 is 4.90 Å². The smallest absolute Gasteiger partial charge is 0.313 e. The summed E-state index contributed by atoms with van der Waals surface area (Å²) in [5, 5.41) is 0.723. The molecule has 2 rings (SSSR count). The highest BCUT2D eigenvalue weighted by Gasteiger charge is 2.23. The summed E-state index contributed by atoms with van der Waals surface area (Å²) in [5.74, 6) is -0.865. The fourth-order valence-electron chi connectivity index (χ4n) is 3.27. The molecular formula is C22H31ClN2O4. The molecule has 0 aliphatic carbocycles. The highest BCUT2D eigenvalue weighted by Crippen LogP contribution is 2.24. The summed E-state index contributed by atoms with van der Waals surface area (Å²) < 4.78 is 5.14. The highest BCUT2D eigenvalue weighted by atomic mass is 35.5. The van der Waals surface area contributed by atoms with Crippen LogP contribution in [0.3, 0.4) is 0 Å². The molecule has 0 unspecified atom stereocenters. The minimum absolute atomic E-state index is 0.0532. The third-order valence-corrected chi connectivity index (χ3v) is 4.95. The summed E-state index contributed by atoms with van der Waals surface area (Å²) in [4.78, 5) is 40.1. The van der Waals surface area contributed by atoms with Crippen molar-refractivity contribution in [2.75, 3.05) is 31.1 Å². The quantitative estimate of drug-likeness (QED) is 0.495. The Labute approximate surface area is 178 Å². The van der Waals surface area contributed by atoms with Gasteiger partial charge in [0.1, 0.15) is 17.8 Å². The molecule has 0 radical (unpaired) electrons. The Balaban J connectivity index is 1.78.